The molecule has 1 amide bonds. The zero-order valence-corrected chi connectivity index (χ0v) is 12.3. The Morgan fingerprint density at radius 1 is 1.45 bits per heavy atom. The van der Waals surface area contributed by atoms with Crippen LogP contribution in [0.2, 0.25) is 0 Å². The summed E-state index contributed by atoms with van der Waals surface area (Å²) in [4.78, 5) is 20.5. The summed E-state index contributed by atoms with van der Waals surface area (Å²) < 4.78 is 2.10. The van der Waals surface area contributed by atoms with Gasteiger partial charge in [-0.15, -0.1) is 11.6 Å². The standard InChI is InChI=1S/C14H17ClN4O/c1-8-3-5-11-14(17-8)19(13(18-11)9(2)15)10-4-6-12(20)16-7-10/h3,5,9-10H,4,6-7H2,1-2H3,(H,16,20). The van der Waals surface area contributed by atoms with Crippen LogP contribution in [0, 0.1) is 6.92 Å². The molecule has 2 unspecified atom stereocenters. The van der Waals surface area contributed by atoms with Crippen LogP contribution in [0.15, 0.2) is 12.1 Å². The van der Waals surface area contributed by atoms with Crippen molar-refractivity contribution in [3.63, 3.8) is 0 Å². The number of amides is 1. The lowest BCUT2D eigenvalue weighted by Gasteiger charge is -2.26. The maximum absolute atomic E-state index is 11.3. The van der Waals surface area contributed by atoms with Gasteiger partial charge in [0.2, 0.25) is 5.91 Å². The SMILES string of the molecule is Cc1ccc2nc(C(C)Cl)n(C3CCC(=O)NC3)c2n1. The van der Waals surface area contributed by atoms with Crippen molar-refractivity contribution in [2.75, 3.05) is 6.54 Å². The van der Waals surface area contributed by atoms with Crippen LogP contribution in [0.5, 0.6) is 0 Å². The molecule has 2 atom stereocenters. The van der Waals surface area contributed by atoms with E-state index in [9.17, 15) is 4.79 Å². The molecule has 106 valence electrons. The summed E-state index contributed by atoms with van der Waals surface area (Å²) in [6.45, 7) is 4.48. The molecule has 1 aliphatic rings. The molecule has 1 saturated heterocycles. The molecule has 0 saturated carbocycles. The highest BCUT2D eigenvalue weighted by atomic mass is 35.5. The third-order valence-electron chi connectivity index (χ3n) is 3.66. The van der Waals surface area contributed by atoms with Gasteiger partial charge >= 0.3 is 0 Å². The van der Waals surface area contributed by atoms with Crippen molar-refractivity contribution < 1.29 is 4.79 Å². The highest BCUT2D eigenvalue weighted by Crippen LogP contribution is 2.30. The smallest absolute Gasteiger partial charge is 0.220 e. The summed E-state index contributed by atoms with van der Waals surface area (Å²) in [6, 6.07) is 4.09. The van der Waals surface area contributed by atoms with Crippen LogP contribution < -0.4 is 5.32 Å². The first-order valence-corrected chi connectivity index (χ1v) is 7.26. The molecular formula is C14H17ClN4O. The Labute approximate surface area is 122 Å². The van der Waals surface area contributed by atoms with E-state index < -0.39 is 0 Å². The maximum Gasteiger partial charge on any atom is 0.220 e. The molecule has 1 aliphatic heterocycles. The molecule has 1 N–H and O–H groups in total. The number of nitrogens with one attached hydrogen (secondary N) is 1. The summed E-state index contributed by atoms with van der Waals surface area (Å²) >= 11 is 6.27. The number of carbonyl (C=O) groups excluding carboxylic acids is 1. The molecule has 3 heterocycles. The predicted molar refractivity (Wildman–Crippen MR) is 77.8 cm³/mol. The van der Waals surface area contributed by atoms with Crippen molar-refractivity contribution in [3.05, 3.63) is 23.7 Å². The van der Waals surface area contributed by atoms with E-state index in [1.807, 2.05) is 26.0 Å². The Morgan fingerprint density at radius 2 is 2.25 bits per heavy atom. The highest BCUT2D eigenvalue weighted by molar-refractivity contribution is 6.20. The second-order valence-corrected chi connectivity index (χ2v) is 5.90. The van der Waals surface area contributed by atoms with Crippen molar-refractivity contribution in [3.8, 4) is 0 Å². The maximum atomic E-state index is 11.3. The molecule has 20 heavy (non-hydrogen) atoms. The molecule has 3 rings (SSSR count). The van der Waals surface area contributed by atoms with Crippen LogP contribution in [0.4, 0.5) is 0 Å². The lowest BCUT2D eigenvalue weighted by Crippen LogP contribution is -2.36. The number of imidazole rings is 1. The second-order valence-electron chi connectivity index (χ2n) is 5.25. The van der Waals surface area contributed by atoms with Crippen LogP contribution in [0.3, 0.4) is 0 Å². The van der Waals surface area contributed by atoms with E-state index in [1.165, 1.54) is 0 Å². The first-order valence-electron chi connectivity index (χ1n) is 6.82. The number of alkyl halides is 1. The van der Waals surface area contributed by atoms with Gasteiger partial charge in [-0.2, -0.15) is 0 Å². The minimum absolute atomic E-state index is 0.107. The van der Waals surface area contributed by atoms with Gasteiger partial charge in [-0.3, -0.25) is 4.79 Å². The van der Waals surface area contributed by atoms with Gasteiger partial charge in [0.15, 0.2) is 5.65 Å². The number of aromatic nitrogens is 3. The average molecular weight is 293 g/mol. The first-order chi connectivity index (χ1) is 9.56. The number of hydrogen-bond acceptors (Lipinski definition) is 3. The average Bonchev–Trinajstić information content (AvgIpc) is 2.78. The fraction of sp³-hybridized carbons (Fsp3) is 0.500. The van der Waals surface area contributed by atoms with Gasteiger partial charge in [-0.1, -0.05) is 0 Å². The van der Waals surface area contributed by atoms with Crippen molar-refractivity contribution >= 4 is 28.7 Å². The largest absolute Gasteiger partial charge is 0.354 e. The van der Waals surface area contributed by atoms with Crippen molar-refractivity contribution in [1.82, 2.24) is 19.9 Å². The Bertz CT molecular complexity index is 654. The molecule has 2 aromatic heterocycles. The molecule has 0 aromatic carbocycles. The number of carbonyl (C=O) groups is 1. The number of fused-ring (bicyclic) bond motifs is 1. The Kier molecular flexibility index (Phi) is 3.38. The molecule has 0 radical (unpaired) electrons. The molecule has 1 fully saturated rings. The Morgan fingerprint density at radius 3 is 2.90 bits per heavy atom. The van der Waals surface area contributed by atoms with E-state index in [1.54, 1.807) is 0 Å². The monoisotopic (exact) mass is 292 g/mol. The van der Waals surface area contributed by atoms with Crippen molar-refractivity contribution in [1.29, 1.82) is 0 Å². The molecule has 6 heteroatoms. The zero-order valence-electron chi connectivity index (χ0n) is 11.6. The van der Waals surface area contributed by atoms with Crippen molar-refractivity contribution in [2.24, 2.45) is 0 Å². The second kappa shape index (κ2) is 5.05. The van der Waals surface area contributed by atoms with Gasteiger partial charge in [0, 0.05) is 18.7 Å². The fourth-order valence-electron chi connectivity index (χ4n) is 2.67. The lowest BCUT2D eigenvalue weighted by molar-refractivity contribution is -0.122. The molecule has 5 nitrogen and oxygen atoms in total. The van der Waals surface area contributed by atoms with Crippen LogP contribution in [0.25, 0.3) is 11.2 Å². The minimum atomic E-state index is -0.192. The van der Waals surface area contributed by atoms with Crippen molar-refractivity contribution in [2.45, 2.75) is 38.1 Å². The number of piperidine rings is 1. The van der Waals surface area contributed by atoms with E-state index in [2.05, 4.69) is 19.9 Å². The number of nitrogens with zero attached hydrogens (tertiary/aromatic N) is 3. The normalized spacial score (nSPS) is 20.9. The Hall–Kier alpha value is -1.62. The van der Waals surface area contributed by atoms with Gasteiger partial charge < -0.3 is 9.88 Å². The number of hydrogen-bond donors (Lipinski definition) is 1. The topological polar surface area (TPSA) is 59.8 Å². The lowest BCUT2D eigenvalue weighted by atomic mass is 10.1. The molecule has 0 spiro atoms. The van der Waals surface area contributed by atoms with Crippen LogP contribution in [-0.4, -0.2) is 27.0 Å². The van der Waals surface area contributed by atoms with Gasteiger partial charge in [-0.05, 0) is 32.4 Å². The van der Waals surface area contributed by atoms with Crippen LogP contribution in [0.1, 0.15) is 42.7 Å². The van der Waals surface area contributed by atoms with Crippen LogP contribution >= 0.6 is 11.6 Å². The quantitative estimate of drug-likeness (QED) is 0.865. The number of pyridine rings is 1. The molecule has 0 bridgehead atoms. The molecule has 0 aliphatic carbocycles. The van der Waals surface area contributed by atoms with Gasteiger partial charge in [0.1, 0.15) is 11.3 Å². The van der Waals surface area contributed by atoms with E-state index in [0.717, 1.165) is 29.1 Å². The zero-order chi connectivity index (χ0) is 14.3. The van der Waals surface area contributed by atoms with Gasteiger partial charge in [-0.25, -0.2) is 9.97 Å². The number of halogens is 1. The summed E-state index contributed by atoms with van der Waals surface area (Å²) in [5, 5.41) is 2.71. The summed E-state index contributed by atoms with van der Waals surface area (Å²) in [7, 11) is 0. The van der Waals surface area contributed by atoms with E-state index >= 15 is 0 Å². The summed E-state index contributed by atoms with van der Waals surface area (Å²) in [5.74, 6) is 0.927. The Balaban J connectivity index is 2.13. The fourth-order valence-corrected chi connectivity index (χ4v) is 2.82. The third kappa shape index (κ3) is 2.26. The molecule has 2 aromatic rings. The predicted octanol–water partition coefficient (Wildman–Crippen LogP) is 2.49. The van der Waals surface area contributed by atoms with E-state index in [4.69, 9.17) is 11.6 Å². The van der Waals surface area contributed by atoms with E-state index in [-0.39, 0.29) is 17.3 Å². The van der Waals surface area contributed by atoms with Gasteiger partial charge in [0.05, 0.1) is 11.4 Å². The van der Waals surface area contributed by atoms with Crippen LogP contribution in [-0.2, 0) is 4.79 Å². The number of aryl methyl sites for hydroxylation is 1. The van der Waals surface area contributed by atoms with Gasteiger partial charge in [0.25, 0.3) is 0 Å². The molecular weight excluding hydrogens is 276 g/mol. The number of rotatable bonds is 2. The summed E-state index contributed by atoms with van der Waals surface area (Å²) in [5.41, 5.74) is 2.66. The summed E-state index contributed by atoms with van der Waals surface area (Å²) in [6.07, 6.45) is 1.33. The third-order valence-corrected chi connectivity index (χ3v) is 3.86. The van der Waals surface area contributed by atoms with E-state index in [0.29, 0.717) is 13.0 Å². The first kappa shape index (κ1) is 13.4. The minimum Gasteiger partial charge on any atom is -0.354 e. The highest BCUT2D eigenvalue weighted by Gasteiger charge is 2.26.